The number of piperidine rings is 1. The number of methoxy groups -OCH3 is 1. The molecule has 1 saturated heterocycles. The van der Waals surface area contributed by atoms with E-state index in [4.69, 9.17) is 9.47 Å². The second-order valence-electron chi connectivity index (χ2n) is 7.42. The Labute approximate surface area is 179 Å². The Bertz CT molecular complexity index is 743. The van der Waals surface area contributed by atoms with Gasteiger partial charge in [0.15, 0.2) is 0 Å². The monoisotopic (exact) mass is 418 g/mol. The van der Waals surface area contributed by atoms with Gasteiger partial charge in [0.05, 0.1) is 19.6 Å². The predicted molar refractivity (Wildman–Crippen MR) is 119 cm³/mol. The lowest BCUT2D eigenvalue weighted by atomic mass is 9.79. The van der Waals surface area contributed by atoms with E-state index in [1.165, 1.54) is 0 Å². The highest BCUT2D eigenvalue weighted by Crippen LogP contribution is 2.30. The molecule has 3 rings (SSSR count). The zero-order valence-corrected chi connectivity index (χ0v) is 17.8. The normalized spacial score (nSPS) is 15.2. The SMILES string of the molecule is COCC1(CNC(=O)CCOc2ccccc2-c2ccccc2)CCNCC1.Cl. The number of para-hydroxylation sites is 1. The van der Waals surface area contributed by atoms with E-state index in [-0.39, 0.29) is 23.7 Å². The summed E-state index contributed by atoms with van der Waals surface area (Å²) in [7, 11) is 1.73. The Hall–Kier alpha value is -2.08. The molecule has 1 fully saturated rings. The van der Waals surface area contributed by atoms with Gasteiger partial charge in [-0.3, -0.25) is 4.79 Å². The van der Waals surface area contributed by atoms with E-state index in [9.17, 15) is 4.79 Å². The number of hydrogen-bond acceptors (Lipinski definition) is 4. The van der Waals surface area contributed by atoms with Crippen molar-refractivity contribution in [2.45, 2.75) is 19.3 Å². The Morgan fingerprint density at radius 2 is 1.76 bits per heavy atom. The molecule has 0 aromatic heterocycles. The Kier molecular flexibility index (Phi) is 9.45. The van der Waals surface area contributed by atoms with E-state index in [0.29, 0.717) is 26.2 Å². The first-order chi connectivity index (χ1) is 13.7. The molecule has 5 nitrogen and oxygen atoms in total. The van der Waals surface area contributed by atoms with Gasteiger partial charge in [-0.25, -0.2) is 0 Å². The molecule has 2 aromatic rings. The molecular formula is C23H31ClN2O3. The highest BCUT2D eigenvalue weighted by atomic mass is 35.5. The van der Waals surface area contributed by atoms with Gasteiger partial charge in [0.25, 0.3) is 0 Å². The number of amides is 1. The third kappa shape index (κ3) is 6.74. The lowest BCUT2D eigenvalue weighted by Crippen LogP contribution is -2.47. The second-order valence-corrected chi connectivity index (χ2v) is 7.42. The molecular weight excluding hydrogens is 388 g/mol. The lowest BCUT2D eigenvalue weighted by Gasteiger charge is -2.37. The summed E-state index contributed by atoms with van der Waals surface area (Å²) in [6.07, 6.45) is 2.37. The van der Waals surface area contributed by atoms with Gasteiger partial charge in [-0.05, 0) is 37.6 Å². The number of ether oxygens (including phenoxy) is 2. The minimum atomic E-state index is 0. The Morgan fingerprint density at radius 3 is 2.48 bits per heavy atom. The number of benzene rings is 2. The molecule has 0 atom stereocenters. The highest BCUT2D eigenvalue weighted by molar-refractivity contribution is 5.85. The van der Waals surface area contributed by atoms with E-state index in [2.05, 4.69) is 22.8 Å². The molecule has 2 N–H and O–H groups in total. The molecule has 1 aliphatic rings. The smallest absolute Gasteiger partial charge is 0.223 e. The average Bonchev–Trinajstić information content (AvgIpc) is 2.74. The summed E-state index contributed by atoms with van der Waals surface area (Å²) in [4.78, 5) is 12.3. The summed E-state index contributed by atoms with van der Waals surface area (Å²) in [5, 5.41) is 6.45. The van der Waals surface area contributed by atoms with Crippen molar-refractivity contribution in [2.75, 3.05) is 40.0 Å². The molecule has 6 heteroatoms. The summed E-state index contributed by atoms with van der Waals surface area (Å²) < 4.78 is 11.3. The third-order valence-corrected chi connectivity index (χ3v) is 5.33. The minimum Gasteiger partial charge on any atom is -0.492 e. The third-order valence-electron chi connectivity index (χ3n) is 5.33. The molecule has 1 aliphatic heterocycles. The van der Waals surface area contributed by atoms with Crippen molar-refractivity contribution in [2.24, 2.45) is 5.41 Å². The molecule has 0 spiro atoms. The van der Waals surface area contributed by atoms with Crippen LogP contribution >= 0.6 is 12.4 Å². The van der Waals surface area contributed by atoms with Gasteiger partial charge >= 0.3 is 0 Å². The van der Waals surface area contributed by atoms with Crippen LogP contribution in [0.2, 0.25) is 0 Å². The maximum atomic E-state index is 12.3. The number of halogens is 1. The van der Waals surface area contributed by atoms with Gasteiger partial charge in [0, 0.05) is 24.6 Å². The topological polar surface area (TPSA) is 59.6 Å². The number of rotatable bonds is 9. The second kappa shape index (κ2) is 11.8. The predicted octanol–water partition coefficient (Wildman–Crippen LogP) is 3.68. The zero-order valence-electron chi connectivity index (χ0n) is 17.0. The summed E-state index contributed by atoms with van der Waals surface area (Å²) in [5.74, 6) is 0.821. The van der Waals surface area contributed by atoms with Crippen molar-refractivity contribution in [1.82, 2.24) is 10.6 Å². The van der Waals surface area contributed by atoms with Crippen LogP contribution < -0.4 is 15.4 Å². The van der Waals surface area contributed by atoms with Gasteiger partial charge in [-0.2, -0.15) is 0 Å². The molecule has 0 saturated carbocycles. The number of carbonyl (C=O) groups is 1. The molecule has 0 unspecified atom stereocenters. The Morgan fingerprint density at radius 1 is 1.07 bits per heavy atom. The fourth-order valence-corrected chi connectivity index (χ4v) is 3.71. The molecule has 29 heavy (non-hydrogen) atoms. The van der Waals surface area contributed by atoms with E-state index < -0.39 is 0 Å². The molecule has 0 aliphatic carbocycles. The van der Waals surface area contributed by atoms with Crippen molar-refractivity contribution in [3.63, 3.8) is 0 Å². The van der Waals surface area contributed by atoms with Gasteiger partial charge in [-0.1, -0.05) is 48.5 Å². The van der Waals surface area contributed by atoms with Crippen LogP contribution in [0.4, 0.5) is 0 Å². The van der Waals surface area contributed by atoms with Crippen molar-refractivity contribution >= 4 is 18.3 Å². The van der Waals surface area contributed by atoms with Gasteiger partial charge < -0.3 is 20.1 Å². The van der Waals surface area contributed by atoms with E-state index in [1.54, 1.807) is 7.11 Å². The Balaban J connectivity index is 0.00000300. The first kappa shape index (κ1) is 23.2. The van der Waals surface area contributed by atoms with Crippen LogP contribution in [-0.4, -0.2) is 45.9 Å². The van der Waals surface area contributed by atoms with Crippen molar-refractivity contribution in [1.29, 1.82) is 0 Å². The summed E-state index contributed by atoms with van der Waals surface area (Å²) in [6.45, 7) is 3.63. The summed E-state index contributed by atoms with van der Waals surface area (Å²) in [6, 6.07) is 18.1. The number of carbonyl (C=O) groups excluding carboxylic acids is 1. The largest absolute Gasteiger partial charge is 0.492 e. The molecule has 158 valence electrons. The fraction of sp³-hybridized carbons (Fsp3) is 0.435. The molecule has 1 amide bonds. The lowest BCUT2D eigenvalue weighted by molar-refractivity contribution is -0.122. The van der Waals surface area contributed by atoms with E-state index in [1.807, 2.05) is 42.5 Å². The van der Waals surface area contributed by atoms with Crippen molar-refractivity contribution < 1.29 is 14.3 Å². The molecule has 0 bridgehead atoms. The van der Waals surface area contributed by atoms with Gasteiger partial charge in [0.2, 0.25) is 5.91 Å². The number of nitrogens with one attached hydrogen (secondary N) is 2. The first-order valence-electron chi connectivity index (χ1n) is 9.96. The summed E-state index contributed by atoms with van der Waals surface area (Å²) >= 11 is 0. The van der Waals surface area contributed by atoms with Crippen LogP contribution in [0.25, 0.3) is 11.1 Å². The maximum Gasteiger partial charge on any atom is 0.223 e. The highest BCUT2D eigenvalue weighted by Gasteiger charge is 2.32. The van der Waals surface area contributed by atoms with E-state index >= 15 is 0 Å². The molecule has 2 aromatic carbocycles. The standard InChI is InChI=1S/C23H30N2O3.ClH/c1-27-18-23(12-14-24-15-13-23)17-25-22(26)11-16-28-21-10-6-5-9-20(21)19-7-3-2-4-8-19;/h2-10,24H,11-18H2,1H3,(H,25,26);1H. The van der Waals surface area contributed by atoms with Crippen LogP contribution in [-0.2, 0) is 9.53 Å². The van der Waals surface area contributed by atoms with Gasteiger partial charge in [0.1, 0.15) is 5.75 Å². The minimum absolute atomic E-state index is 0. The van der Waals surface area contributed by atoms with Crippen molar-refractivity contribution in [3.8, 4) is 16.9 Å². The van der Waals surface area contributed by atoms with Gasteiger partial charge in [-0.15, -0.1) is 12.4 Å². The van der Waals surface area contributed by atoms with Crippen LogP contribution in [0.1, 0.15) is 19.3 Å². The average molecular weight is 419 g/mol. The fourth-order valence-electron chi connectivity index (χ4n) is 3.71. The molecule has 0 radical (unpaired) electrons. The quantitative estimate of drug-likeness (QED) is 0.652. The summed E-state index contributed by atoms with van der Waals surface area (Å²) in [5.41, 5.74) is 2.18. The van der Waals surface area contributed by atoms with Crippen LogP contribution in [0.5, 0.6) is 5.75 Å². The maximum absolute atomic E-state index is 12.3. The van der Waals surface area contributed by atoms with E-state index in [0.717, 1.165) is 42.8 Å². The van der Waals surface area contributed by atoms with Crippen LogP contribution in [0.15, 0.2) is 54.6 Å². The van der Waals surface area contributed by atoms with Crippen LogP contribution in [0.3, 0.4) is 0 Å². The number of hydrogen-bond donors (Lipinski definition) is 2. The van der Waals surface area contributed by atoms with Crippen LogP contribution in [0, 0.1) is 5.41 Å². The first-order valence-corrected chi connectivity index (χ1v) is 9.96. The zero-order chi connectivity index (χ0) is 19.7. The molecule has 1 heterocycles. The van der Waals surface area contributed by atoms with Crippen molar-refractivity contribution in [3.05, 3.63) is 54.6 Å².